The van der Waals surface area contributed by atoms with Gasteiger partial charge in [-0.3, -0.25) is 9.69 Å². The van der Waals surface area contributed by atoms with Gasteiger partial charge >= 0.3 is 5.97 Å². The molecular formula is C13H25NO2. The summed E-state index contributed by atoms with van der Waals surface area (Å²) in [6.07, 6.45) is 7.25. The second-order valence-electron chi connectivity index (χ2n) is 4.95. The van der Waals surface area contributed by atoms with Crippen molar-refractivity contribution in [3.63, 3.8) is 0 Å². The van der Waals surface area contributed by atoms with Crippen LogP contribution in [0.3, 0.4) is 0 Å². The lowest BCUT2D eigenvalue weighted by Crippen LogP contribution is -2.41. The molecule has 0 aromatic rings. The van der Waals surface area contributed by atoms with Gasteiger partial charge in [-0.25, -0.2) is 0 Å². The Morgan fingerprint density at radius 1 is 1.25 bits per heavy atom. The van der Waals surface area contributed by atoms with Crippen molar-refractivity contribution in [3.8, 4) is 0 Å². The first-order chi connectivity index (χ1) is 7.67. The zero-order valence-electron chi connectivity index (χ0n) is 10.6. The number of aliphatic carboxylic acids is 1. The Hall–Kier alpha value is -0.570. The van der Waals surface area contributed by atoms with E-state index in [0.717, 1.165) is 18.9 Å². The second-order valence-corrected chi connectivity index (χ2v) is 4.95. The molecule has 0 aromatic heterocycles. The van der Waals surface area contributed by atoms with E-state index in [9.17, 15) is 4.79 Å². The Balaban J connectivity index is 2.42. The third-order valence-electron chi connectivity index (χ3n) is 3.76. The van der Waals surface area contributed by atoms with Crippen molar-refractivity contribution in [1.29, 1.82) is 0 Å². The summed E-state index contributed by atoms with van der Waals surface area (Å²) in [5, 5.41) is 8.90. The van der Waals surface area contributed by atoms with Crippen LogP contribution in [-0.4, -0.2) is 35.1 Å². The van der Waals surface area contributed by atoms with Gasteiger partial charge in [-0.1, -0.05) is 20.3 Å². The summed E-state index contributed by atoms with van der Waals surface area (Å²) in [6, 6.07) is 0.513. The monoisotopic (exact) mass is 227 g/mol. The maximum Gasteiger partial charge on any atom is 0.317 e. The van der Waals surface area contributed by atoms with Crippen LogP contribution in [0.15, 0.2) is 0 Å². The van der Waals surface area contributed by atoms with Crippen molar-refractivity contribution in [2.24, 2.45) is 5.92 Å². The van der Waals surface area contributed by atoms with Gasteiger partial charge in [0, 0.05) is 6.04 Å². The molecule has 1 aliphatic rings. The molecular weight excluding hydrogens is 202 g/mol. The summed E-state index contributed by atoms with van der Waals surface area (Å²) in [6.45, 7) is 5.52. The van der Waals surface area contributed by atoms with Gasteiger partial charge in [-0.2, -0.15) is 0 Å². The van der Waals surface area contributed by atoms with Crippen molar-refractivity contribution in [3.05, 3.63) is 0 Å². The highest BCUT2D eigenvalue weighted by molar-refractivity contribution is 5.69. The molecule has 1 rings (SSSR count). The van der Waals surface area contributed by atoms with Gasteiger partial charge in [0.15, 0.2) is 0 Å². The Bertz CT molecular complexity index is 210. The number of hydrogen-bond acceptors (Lipinski definition) is 2. The zero-order valence-corrected chi connectivity index (χ0v) is 10.6. The third-order valence-corrected chi connectivity index (χ3v) is 3.76. The minimum atomic E-state index is -0.689. The molecule has 16 heavy (non-hydrogen) atoms. The van der Waals surface area contributed by atoms with E-state index in [4.69, 9.17) is 5.11 Å². The number of rotatable bonds is 6. The van der Waals surface area contributed by atoms with Gasteiger partial charge in [-0.05, 0) is 44.6 Å². The fourth-order valence-corrected chi connectivity index (χ4v) is 2.77. The molecule has 0 heterocycles. The fraction of sp³-hybridized carbons (Fsp3) is 0.923. The smallest absolute Gasteiger partial charge is 0.317 e. The average molecular weight is 227 g/mol. The molecule has 0 spiro atoms. The van der Waals surface area contributed by atoms with E-state index in [-0.39, 0.29) is 6.54 Å². The Morgan fingerprint density at radius 2 is 1.88 bits per heavy atom. The Kier molecular flexibility index (Phi) is 5.81. The molecule has 0 unspecified atom stereocenters. The standard InChI is InChI=1S/C13H25NO2/c1-3-9-14(10-13(15)16)12-7-5-11(4-2)6-8-12/h11-12H,3-10H2,1-2H3,(H,15,16). The minimum absolute atomic E-state index is 0.218. The predicted octanol–water partition coefficient (Wildman–Crippen LogP) is 2.75. The normalized spacial score (nSPS) is 25.9. The molecule has 0 atom stereocenters. The van der Waals surface area contributed by atoms with E-state index in [2.05, 4.69) is 18.7 Å². The first-order valence-electron chi connectivity index (χ1n) is 6.63. The SMILES string of the molecule is CCCN(CC(=O)O)C1CCC(CC)CC1. The number of carboxylic acids is 1. The summed E-state index contributed by atoms with van der Waals surface area (Å²) in [5.41, 5.74) is 0. The summed E-state index contributed by atoms with van der Waals surface area (Å²) < 4.78 is 0. The van der Waals surface area contributed by atoms with Crippen molar-refractivity contribution in [1.82, 2.24) is 4.90 Å². The summed E-state index contributed by atoms with van der Waals surface area (Å²) >= 11 is 0. The molecule has 94 valence electrons. The quantitative estimate of drug-likeness (QED) is 0.758. The number of nitrogens with zero attached hydrogens (tertiary/aromatic N) is 1. The van der Waals surface area contributed by atoms with E-state index in [1.54, 1.807) is 0 Å². The van der Waals surface area contributed by atoms with Crippen molar-refractivity contribution < 1.29 is 9.90 Å². The third kappa shape index (κ3) is 4.12. The van der Waals surface area contributed by atoms with Gasteiger partial charge in [0.2, 0.25) is 0 Å². The van der Waals surface area contributed by atoms with E-state index in [1.165, 1.54) is 32.1 Å². The lowest BCUT2D eigenvalue weighted by atomic mass is 9.84. The molecule has 1 N–H and O–H groups in total. The van der Waals surface area contributed by atoms with E-state index >= 15 is 0 Å². The maximum absolute atomic E-state index is 10.8. The molecule has 1 saturated carbocycles. The van der Waals surface area contributed by atoms with Crippen molar-refractivity contribution in [2.45, 2.75) is 58.4 Å². The van der Waals surface area contributed by atoms with Gasteiger partial charge in [-0.15, -0.1) is 0 Å². The number of hydrogen-bond donors (Lipinski definition) is 1. The number of carboxylic acid groups (broad SMARTS) is 1. The molecule has 0 amide bonds. The highest BCUT2D eigenvalue weighted by Gasteiger charge is 2.25. The molecule has 3 heteroatoms. The highest BCUT2D eigenvalue weighted by Crippen LogP contribution is 2.29. The lowest BCUT2D eigenvalue weighted by molar-refractivity contribution is -0.139. The van der Waals surface area contributed by atoms with E-state index in [0.29, 0.717) is 6.04 Å². The van der Waals surface area contributed by atoms with Crippen LogP contribution in [0.2, 0.25) is 0 Å². The topological polar surface area (TPSA) is 40.5 Å². The van der Waals surface area contributed by atoms with Gasteiger partial charge in [0.05, 0.1) is 6.54 Å². The second kappa shape index (κ2) is 6.89. The van der Waals surface area contributed by atoms with Crippen LogP contribution in [0.4, 0.5) is 0 Å². The molecule has 0 aliphatic heterocycles. The largest absolute Gasteiger partial charge is 0.480 e. The van der Waals surface area contributed by atoms with Crippen molar-refractivity contribution >= 4 is 5.97 Å². The average Bonchev–Trinajstić information content (AvgIpc) is 2.28. The lowest BCUT2D eigenvalue weighted by Gasteiger charge is -2.35. The highest BCUT2D eigenvalue weighted by atomic mass is 16.4. The minimum Gasteiger partial charge on any atom is -0.480 e. The van der Waals surface area contributed by atoms with Crippen LogP contribution in [-0.2, 0) is 4.79 Å². The van der Waals surface area contributed by atoms with Crippen LogP contribution in [0.25, 0.3) is 0 Å². The van der Waals surface area contributed by atoms with Gasteiger partial charge in [0.25, 0.3) is 0 Å². The van der Waals surface area contributed by atoms with Crippen LogP contribution in [0.5, 0.6) is 0 Å². The molecule has 1 fully saturated rings. The Labute approximate surface area is 98.8 Å². The van der Waals surface area contributed by atoms with E-state index < -0.39 is 5.97 Å². The van der Waals surface area contributed by atoms with Crippen LogP contribution in [0, 0.1) is 5.92 Å². The summed E-state index contributed by atoms with van der Waals surface area (Å²) in [5.74, 6) is 0.190. The van der Waals surface area contributed by atoms with Crippen molar-refractivity contribution in [2.75, 3.05) is 13.1 Å². The zero-order chi connectivity index (χ0) is 12.0. The fourth-order valence-electron chi connectivity index (χ4n) is 2.77. The molecule has 0 bridgehead atoms. The van der Waals surface area contributed by atoms with E-state index in [1.807, 2.05) is 0 Å². The van der Waals surface area contributed by atoms with Gasteiger partial charge in [0.1, 0.15) is 0 Å². The molecule has 0 saturated heterocycles. The first kappa shape index (κ1) is 13.5. The summed E-state index contributed by atoms with van der Waals surface area (Å²) in [4.78, 5) is 13.0. The molecule has 1 aliphatic carbocycles. The first-order valence-corrected chi connectivity index (χ1v) is 6.63. The Morgan fingerprint density at radius 3 is 2.31 bits per heavy atom. The molecule has 3 nitrogen and oxygen atoms in total. The van der Waals surface area contributed by atoms with Crippen LogP contribution in [0.1, 0.15) is 52.4 Å². The summed E-state index contributed by atoms with van der Waals surface area (Å²) in [7, 11) is 0. The van der Waals surface area contributed by atoms with Crippen LogP contribution < -0.4 is 0 Å². The number of carbonyl (C=O) groups is 1. The molecule has 0 aromatic carbocycles. The van der Waals surface area contributed by atoms with Gasteiger partial charge < -0.3 is 5.11 Å². The predicted molar refractivity (Wildman–Crippen MR) is 65.5 cm³/mol. The van der Waals surface area contributed by atoms with Crippen LogP contribution >= 0.6 is 0 Å². The maximum atomic E-state index is 10.8. The molecule has 0 radical (unpaired) electrons.